The van der Waals surface area contributed by atoms with Crippen molar-refractivity contribution in [2.24, 2.45) is 5.73 Å². The van der Waals surface area contributed by atoms with Crippen molar-refractivity contribution in [2.45, 2.75) is 32.4 Å². The highest BCUT2D eigenvalue weighted by molar-refractivity contribution is 5.92. The van der Waals surface area contributed by atoms with Crippen molar-refractivity contribution in [3.63, 3.8) is 0 Å². The molecule has 1 atom stereocenters. The predicted molar refractivity (Wildman–Crippen MR) is 64.1 cm³/mol. The summed E-state index contributed by atoms with van der Waals surface area (Å²) in [5.74, 6) is 2.23. The van der Waals surface area contributed by atoms with Crippen molar-refractivity contribution >= 4 is 5.91 Å². The second kappa shape index (κ2) is 6.66. The van der Waals surface area contributed by atoms with Gasteiger partial charge in [-0.1, -0.05) is 24.5 Å². The van der Waals surface area contributed by atoms with E-state index in [0.29, 0.717) is 13.1 Å². The fourth-order valence-electron chi connectivity index (χ4n) is 1.36. The molecule has 6 heteroatoms. The van der Waals surface area contributed by atoms with Gasteiger partial charge in [0.2, 0.25) is 0 Å². The molecular formula is C11H17N5O. The Morgan fingerprint density at radius 2 is 2.53 bits per heavy atom. The van der Waals surface area contributed by atoms with Crippen LogP contribution in [0.2, 0.25) is 0 Å². The summed E-state index contributed by atoms with van der Waals surface area (Å²) >= 11 is 0. The molecule has 0 aromatic carbocycles. The van der Waals surface area contributed by atoms with E-state index in [0.717, 1.165) is 12.8 Å². The fraction of sp³-hybridized carbons (Fsp3) is 0.545. The zero-order valence-electron chi connectivity index (χ0n) is 9.89. The number of carbonyl (C=O) groups excluding carboxylic acids is 1. The summed E-state index contributed by atoms with van der Waals surface area (Å²) < 4.78 is 1.53. The van der Waals surface area contributed by atoms with Crippen LogP contribution in [0.5, 0.6) is 0 Å². The van der Waals surface area contributed by atoms with Crippen LogP contribution >= 0.6 is 0 Å². The average molecular weight is 235 g/mol. The lowest BCUT2D eigenvalue weighted by molar-refractivity contribution is 0.0939. The van der Waals surface area contributed by atoms with Gasteiger partial charge >= 0.3 is 0 Å². The summed E-state index contributed by atoms with van der Waals surface area (Å²) in [7, 11) is 0. The number of nitrogens with two attached hydrogens (primary N) is 1. The zero-order chi connectivity index (χ0) is 12.7. The van der Waals surface area contributed by atoms with Gasteiger partial charge in [0.25, 0.3) is 5.91 Å². The Labute approximate surface area is 101 Å². The van der Waals surface area contributed by atoms with Crippen molar-refractivity contribution in [1.29, 1.82) is 0 Å². The molecule has 0 bridgehead atoms. The van der Waals surface area contributed by atoms with Gasteiger partial charge in [0.1, 0.15) is 0 Å². The first kappa shape index (κ1) is 13.2. The standard InChI is InChI=1S/C11H17N5O/c1-3-5-9(4-2)13-11(17)10-8-16(7-6-12)15-14-10/h2,8-9H,3,5-7,12H2,1H3,(H,13,17). The van der Waals surface area contributed by atoms with Gasteiger partial charge in [0.15, 0.2) is 5.69 Å². The van der Waals surface area contributed by atoms with Gasteiger partial charge < -0.3 is 11.1 Å². The monoisotopic (exact) mass is 235 g/mol. The number of aromatic nitrogens is 3. The van der Waals surface area contributed by atoms with Crippen molar-refractivity contribution in [3.05, 3.63) is 11.9 Å². The SMILES string of the molecule is C#CC(CCC)NC(=O)c1cn(CCN)nn1. The molecule has 3 N–H and O–H groups in total. The van der Waals surface area contributed by atoms with Crippen LogP contribution in [0, 0.1) is 12.3 Å². The number of hydrogen-bond donors (Lipinski definition) is 2. The topological polar surface area (TPSA) is 85.8 Å². The third-order valence-electron chi connectivity index (χ3n) is 2.21. The van der Waals surface area contributed by atoms with Gasteiger partial charge in [-0.3, -0.25) is 9.48 Å². The van der Waals surface area contributed by atoms with E-state index in [1.54, 1.807) is 6.20 Å². The molecule has 92 valence electrons. The van der Waals surface area contributed by atoms with Gasteiger partial charge in [-0.2, -0.15) is 0 Å². The third-order valence-corrected chi connectivity index (χ3v) is 2.21. The summed E-state index contributed by atoms with van der Waals surface area (Å²) in [4.78, 5) is 11.8. The number of carbonyl (C=O) groups is 1. The van der Waals surface area contributed by atoms with Crippen molar-refractivity contribution in [3.8, 4) is 12.3 Å². The smallest absolute Gasteiger partial charge is 0.274 e. The van der Waals surface area contributed by atoms with Crippen LogP contribution in [0.1, 0.15) is 30.3 Å². The second-order valence-electron chi connectivity index (χ2n) is 3.64. The molecule has 1 rings (SSSR count). The molecule has 1 amide bonds. The Bertz CT molecular complexity index is 406. The Morgan fingerprint density at radius 1 is 1.76 bits per heavy atom. The van der Waals surface area contributed by atoms with Crippen LogP contribution in [0.4, 0.5) is 0 Å². The van der Waals surface area contributed by atoms with Crippen molar-refractivity contribution < 1.29 is 4.79 Å². The molecule has 1 unspecified atom stereocenters. The van der Waals surface area contributed by atoms with E-state index in [2.05, 4.69) is 21.5 Å². The number of nitrogens with one attached hydrogen (secondary N) is 1. The molecule has 0 aliphatic rings. The Balaban J connectivity index is 2.59. The van der Waals surface area contributed by atoms with Crippen LogP contribution in [0.25, 0.3) is 0 Å². The second-order valence-corrected chi connectivity index (χ2v) is 3.64. The Kier molecular flexibility index (Phi) is 5.17. The molecule has 0 fully saturated rings. The van der Waals surface area contributed by atoms with Crippen LogP contribution < -0.4 is 11.1 Å². The van der Waals surface area contributed by atoms with Gasteiger partial charge in [-0.25, -0.2) is 0 Å². The van der Waals surface area contributed by atoms with E-state index in [1.165, 1.54) is 4.68 Å². The summed E-state index contributed by atoms with van der Waals surface area (Å²) in [6, 6.07) is -0.257. The predicted octanol–water partition coefficient (Wildman–Crippen LogP) is -0.231. The van der Waals surface area contributed by atoms with E-state index in [-0.39, 0.29) is 17.6 Å². The van der Waals surface area contributed by atoms with E-state index < -0.39 is 0 Å². The highest BCUT2D eigenvalue weighted by Gasteiger charge is 2.14. The maximum Gasteiger partial charge on any atom is 0.274 e. The fourth-order valence-corrected chi connectivity index (χ4v) is 1.36. The lowest BCUT2D eigenvalue weighted by Crippen LogP contribution is -2.33. The summed E-state index contributed by atoms with van der Waals surface area (Å²) in [5, 5.41) is 10.3. The van der Waals surface area contributed by atoms with E-state index >= 15 is 0 Å². The molecule has 6 nitrogen and oxygen atoms in total. The molecule has 17 heavy (non-hydrogen) atoms. The first-order chi connectivity index (χ1) is 8.21. The Hall–Kier alpha value is -1.87. The van der Waals surface area contributed by atoms with Crippen LogP contribution in [0.3, 0.4) is 0 Å². The van der Waals surface area contributed by atoms with E-state index in [4.69, 9.17) is 12.2 Å². The molecule has 1 heterocycles. The van der Waals surface area contributed by atoms with Crippen LogP contribution in [-0.4, -0.2) is 33.5 Å². The van der Waals surface area contributed by atoms with Crippen molar-refractivity contribution in [1.82, 2.24) is 20.3 Å². The third kappa shape index (κ3) is 3.89. The quantitative estimate of drug-likeness (QED) is 0.667. The minimum Gasteiger partial charge on any atom is -0.337 e. The average Bonchev–Trinajstić information content (AvgIpc) is 2.77. The summed E-state index contributed by atoms with van der Waals surface area (Å²) in [5.41, 5.74) is 5.63. The minimum atomic E-state index is -0.301. The largest absolute Gasteiger partial charge is 0.337 e. The number of nitrogens with zero attached hydrogens (tertiary/aromatic N) is 3. The van der Waals surface area contributed by atoms with E-state index in [9.17, 15) is 4.79 Å². The van der Waals surface area contributed by atoms with E-state index in [1.807, 2.05) is 6.92 Å². The van der Waals surface area contributed by atoms with Crippen LogP contribution in [-0.2, 0) is 6.54 Å². The number of terminal acetylenes is 1. The molecule has 0 saturated carbocycles. The maximum absolute atomic E-state index is 11.8. The Morgan fingerprint density at radius 3 is 3.12 bits per heavy atom. The molecule has 1 aromatic heterocycles. The first-order valence-corrected chi connectivity index (χ1v) is 5.58. The van der Waals surface area contributed by atoms with Crippen LogP contribution in [0.15, 0.2) is 6.20 Å². The highest BCUT2D eigenvalue weighted by Crippen LogP contribution is 1.98. The molecule has 0 aliphatic carbocycles. The summed E-state index contributed by atoms with van der Waals surface area (Å²) in [6.07, 6.45) is 8.53. The van der Waals surface area contributed by atoms with Gasteiger partial charge in [-0.15, -0.1) is 11.5 Å². The molecule has 0 radical (unpaired) electrons. The molecule has 0 aliphatic heterocycles. The highest BCUT2D eigenvalue weighted by atomic mass is 16.2. The summed E-state index contributed by atoms with van der Waals surface area (Å²) in [6.45, 7) is 3.00. The molecular weight excluding hydrogens is 218 g/mol. The first-order valence-electron chi connectivity index (χ1n) is 5.58. The minimum absolute atomic E-state index is 0.257. The van der Waals surface area contributed by atoms with Gasteiger partial charge in [-0.05, 0) is 6.42 Å². The van der Waals surface area contributed by atoms with Gasteiger partial charge in [0.05, 0.1) is 18.8 Å². The molecule has 0 saturated heterocycles. The van der Waals surface area contributed by atoms with Gasteiger partial charge in [0, 0.05) is 6.54 Å². The normalized spacial score (nSPS) is 11.8. The number of amides is 1. The molecule has 1 aromatic rings. The van der Waals surface area contributed by atoms with Crippen molar-refractivity contribution in [2.75, 3.05) is 6.54 Å². The number of hydrogen-bond acceptors (Lipinski definition) is 4. The molecule has 0 spiro atoms. The lowest BCUT2D eigenvalue weighted by Gasteiger charge is -2.09. The zero-order valence-corrected chi connectivity index (χ0v) is 9.89. The maximum atomic E-state index is 11.8. The lowest BCUT2D eigenvalue weighted by atomic mass is 10.2. The number of rotatable bonds is 6.